The van der Waals surface area contributed by atoms with Crippen molar-refractivity contribution in [3.63, 3.8) is 0 Å². The molecule has 1 N–H and O–H groups in total. The molecule has 9 nitrogen and oxygen atoms in total. The van der Waals surface area contributed by atoms with Crippen LogP contribution in [0.1, 0.15) is 37.8 Å². The molecule has 4 heterocycles. The zero-order chi connectivity index (χ0) is 28.7. The van der Waals surface area contributed by atoms with Crippen molar-refractivity contribution in [3.05, 3.63) is 54.4 Å². The number of benzene rings is 1. The fraction of sp³-hybridized carbons (Fsp3) is 0.517. The van der Waals surface area contributed by atoms with Crippen LogP contribution >= 0.6 is 0 Å². The predicted molar refractivity (Wildman–Crippen MR) is 146 cm³/mol. The van der Waals surface area contributed by atoms with Crippen LogP contribution in [0.2, 0.25) is 0 Å². The van der Waals surface area contributed by atoms with Crippen molar-refractivity contribution in [2.75, 3.05) is 44.2 Å². The molecule has 2 aliphatic rings. The zero-order valence-electron chi connectivity index (χ0n) is 22.9. The van der Waals surface area contributed by atoms with Gasteiger partial charge in [0.05, 0.1) is 0 Å². The molecule has 5 rings (SSSR count). The quantitative estimate of drug-likeness (QED) is 0.349. The maximum Gasteiger partial charge on any atom is 0.573 e. The highest BCUT2D eigenvalue weighted by Gasteiger charge is 2.31. The first-order valence-electron chi connectivity index (χ1n) is 14.2. The summed E-state index contributed by atoms with van der Waals surface area (Å²) in [4.78, 5) is 26.0. The number of carbonyl (C=O) groups is 1. The topological polar surface area (TPSA) is 96.6 Å². The fourth-order valence-electron chi connectivity index (χ4n) is 5.49. The van der Waals surface area contributed by atoms with Crippen LogP contribution in [0.3, 0.4) is 0 Å². The summed E-state index contributed by atoms with van der Waals surface area (Å²) in [6.07, 6.45) is 2.83. The highest BCUT2D eigenvalue weighted by molar-refractivity contribution is 5.78. The Bertz CT molecular complexity index is 1240. The normalized spacial score (nSPS) is 17.5. The summed E-state index contributed by atoms with van der Waals surface area (Å²) in [5.41, 5.74) is 1.69. The number of hydrogen-bond acceptors (Lipinski definition) is 8. The molecule has 0 spiro atoms. The largest absolute Gasteiger partial charge is 0.573 e. The van der Waals surface area contributed by atoms with Gasteiger partial charge in [0.15, 0.2) is 0 Å². The van der Waals surface area contributed by atoms with Crippen molar-refractivity contribution in [2.24, 2.45) is 11.8 Å². The summed E-state index contributed by atoms with van der Waals surface area (Å²) in [5, 5.41) is 7.06. The van der Waals surface area contributed by atoms with E-state index in [1.807, 2.05) is 23.2 Å². The van der Waals surface area contributed by atoms with Gasteiger partial charge in [-0.2, -0.15) is 4.98 Å². The lowest BCUT2D eigenvalue weighted by Gasteiger charge is -2.32. The second kappa shape index (κ2) is 13.3. The molecular weight excluding hydrogens is 537 g/mol. The van der Waals surface area contributed by atoms with Crippen LogP contribution in [0, 0.1) is 11.8 Å². The average Bonchev–Trinajstić information content (AvgIpc) is 3.47. The summed E-state index contributed by atoms with van der Waals surface area (Å²) in [6.45, 7) is 5.06. The number of nitrogens with zero attached hydrogens (tertiary/aromatic N) is 5. The number of piperidine rings is 2. The molecule has 2 aliphatic heterocycles. The summed E-state index contributed by atoms with van der Waals surface area (Å²) in [7, 11) is 0. The molecule has 220 valence electrons. The molecule has 0 aliphatic carbocycles. The molecule has 0 atom stereocenters. The van der Waals surface area contributed by atoms with Gasteiger partial charge in [-0.15, -0.1) is 13.2 Å². The molecule has 3 aromatic rings. The Labute approximate surface area is 237 Å². The Balaban J connectivity index is 0.976. The first-order chi connectivity index (χ1) is 19.8. The van der Waals surface area contributed by atoms with E-state index in [2.05, 4.69) is 36.1 Å². The monoisotopic (exact) mass is 572 g/mol. The van der Waals surface area contributed by atoms with E-state index in [4.69, 9.17) is 4.52 Å². The fourth-order valence-corrected chi connectivity index (χ4v) is 5.49. The van der Waals surface area contributed by atoms with Crippen molar-refractivity contribution in [1.82, 2.24) is 25.3 Å². The van der Waals surface area contributed by atoms with Crippen LogP contribution in [-0.4, -0.2) is 71.6 Å². The number of aromatic nitrogens is 3. The Hall–Kier alpha value is -3.67. The van der Waals surface area contributed by atoms with Gasteiger partial charge in [0.1, 0.15) is 5.75 Å². The molecule has 1 amide bonds. The number of likely N-dealkylation sites (tertiary alicyclic amines) is 1. The van der Waals surface area contributed by atoms with E-state index in [9.17, 15) is 18.0 Å². The van der Waals surface area contributed by atoms with Gasteiger partial charge >= 0.3 is 12.4 Å². The number of rotatable bonds is 10. The van der Waals surface area contributed by atoms with E-state index < -0.39 is 6.36 Å². The third kappa shape index (κ3) is 8.42. The number of halogens is 3. The van der Waals surface area contributed by atoms with Gasteiger partial charge in [-0.25, -0.2) is 0 Å². The van der Waals surface area contributed by atoms with Crippen LogP contribution in [0.25, 0.3) is 11.4 Å². The van der Waals surface area contributed by atoms with Gasteiger partial charge in [0, 0.05) is 43.0 Å². The molecule has 2 fully saturated rings. The molecular formula is C29H35F3N6O3. The Morgan fingerprint density at radius 1 is 1.02 bits per heavy atom. The highest BCUT2D eigenvalue weighted by Crippen LogP contribution is 2.28. The summed E-state index contributed by atoms with van der Waals surface area (Å²) < 4.78 is 46.4. The third-order valence-corrected chi connectivity index (χ3v) is 7.78. The SMILES string of the molecule is O=C(NCCCN1CCC(Cc2ccccn2)CC1)C1CCN(c2nc(-c3ccc(OC(F)(F)F)cc3)no2)CC1. The second-order valence-corrected chi connectivity index (χ2v) is 10.7. The van der Waals surface area contributed by atoms with E-state index in [1.54, 1.807) is 0 Å². The van der Waals surface area contributed by atoms with Crippen LogP contribution < -0.4 is 15.0 Å². The highest BCUT2D eigenvalue weighted by atomic mass is 19.4. The number of carbonyl (C=O) groups excluding carboxylic acids is 1. The van der Waals surface area contributed by atoms with Crippen molar-refractivity contribution >= 4 is 11.9 Å². The van der Waals surface area contributed by atoms with Gasteiger partial charge in [-0.05, 0) is 100 Å². The number of hydrogen-bond donors (Lipinski definition) is 1. The molecule has 41 heavy (non-hydrogen) atoms. The molecule has 12 heteroatoms. The zero-order valence-corrected chi connectivity index (χ0v) is 22.9. The molecule has 0 saturated carbocycles. The molecule has 0 radical (unpaired) electrons. The third-order valence-electron chi connectivity index (χ3n) is 7.78. The molecule has 2 saturated heterocycles. The minimum Gasteiger partial charge on any atom is -0.406 e. The number of ether oxygens (including phenoxy) is 1. The van der Waals surface area contributed by atoms with Crippen molar-refractivity contribution < 1.29 is 27.2 Å². The standard InChI is InChI=1S/C29H35F3N6O3/c30-29(31,32)40-25-7-5-22(6-8-25)26-35-28(41-36-26)38-18-11-23(12-19-38)27(39)34-14-3-15-37-16-9-21(10-17-37)20-24-4-1-2-13-33-24/h1-2,4-8,13,21,23H,3,9-12,14-20H2,(H,34,39). The number of anilines is 1. The van der Waals surface area contributed by atoms with E-state index in [0.29, 0.717) is 50.0 Å². The summed E-state index contributed by atoms with van der Waals surface area (Å²) in [5.74, 6) is 0.681. The predicted octanol–water partition coefficient (Wildman–Crippen LogP) is 4.71. The van der Waals surface area contributed by atoms with Gasteiger partial charge < -0.3 is 24.4 Å². The second-order valence-electron chi connectivity index (χ2n) is 10.7. The molecule has 2 aromatic heterocycles. The van der Waals surface area contributed by atoms with E-state index in [-0.39, 0.29) is 23.4 Å². The minimum absolute atomic E-state index is 0.0582. The van der Waals surface area contributed by atoms with Crippen LogP contribution in [0.15, 0.2) is 53.2 Å². The number of pyridine rings is 1. The lowest BCUT2D eigenvalue weighted by Crippen LogP contribution is -2.41. The maximum absolute atomic E-state index is 12.7. The number of nitrogens with one attached hydrogen (secondary N) is 1. The lowest BCUT2D eigenvalue weighted by atomic mass is 9.92. The van der Waals surface area contributed by atoms with Crippen molar-refractivity contribution in [3.8, 4) is 17.1 Å². The summed E-state index contributed by atoms with van der Waals surface area (Å²) in [6, 6.07) is 11.7. The molecule has 0 unspecified atom stereocenters. The van der Waals surface area contributed by atoms with E-state index in [0.717, 1.165) is 32.5 Å². The molecule has 0 bridgehead atoms. The van der Waals surface area contributed by atoms with Crippen LogP contribution in [-0.2, 0) is 11.2 Å². The van der Waals surface area contributed by atoms with E-state index >= 15 is 0 Å². The average molecular weight is 573 g/mol. The van der Waals surface area contributed by atoms with Crippen LogP contribution in [0.4, 0.5) is 19.2 Å². The Morgan fingerprint density at radius 2 is 1.78 bits per heavy atom. The van der Waals surface area contributed by atoms with Gasteiger partial charge in [-0.1, -0.05) is 11.2 Å². The Morgan fingerprint density at radius 3 is 2.46 bits per heavy atom. The molecule has 1 aromatic carbocycles. The van der Waals surface area contributed by atoms with Crippen LogP contribution in [0.5, 0.6) is 5.75 Å². The number of alkyl halides is 3. The first kappa shape index (κ1) is 28.8. The van der Waals surface area contributed by atoms with Gasteiger partial charge in [0.2, 0.25) is 11.7 Å². The first-order valence-corrected chi connectivity index (χ1v) is 14.2. The van der Waals surface area contributed by atoms with Crippen molar-refractivity contribution in [1.29, 1.82) is 0 Å². The maximum atomic E-state index is 12.7. The van der Waals surface area contributed by atoms with Gasteiger partial charge in [0.25, 0.3) is 0 Å². The van der Waals surface area contributed by atoms with Gasteiger partial charge in [-0.3, -0.25) is 9.78 Å². The smallest absolute Gasteiger partial charge is 0.406 e. The van der Waals surface area contributed by atoms with Crippen molar-refractivity contribution in [2.45, 2.75) is 44.9 Å². The van der Waals surface area contributed by atoms with E-state index in [1.165, 1.54) is 42.8 Å². The number of amides is 1. The summed E-state index contributed by atoms with van der Waals surface area (Å²) >= 11 is 0. The minimum atomic E-state index is -4.75. The lowest BCUT2D eigenvalue weighted by molar-refractivity contribution is -0.274. The Kier molecular flexibility index (Phi) is 9.38.